The Morgan fingerprint density at radius 1 is 1.03 bits per heavy atom. The lowest BCUT2D eigenvalue weighted by Gasteiger charge is -2.22. The van der Waals surface area contributed by atoms with Gasteiger partial charge in [0.25, 0.3) is 10.1 Å². The van der Waals surface area contributed by atoms with E-state index in [0.29, 0.717) is 12.8 Å². The summed E-state index contributed by atoms with van der Waals surface area (Å²) in [6.45, 7) is 5.26. The molecule has 0 atom stereocenters. The molecule has 2 aromatic rings. The van der Waals surface area contributed by atoms with E-state index in [0.717, 1.165) is 54.9 Å². The molecule has 1 heterocycles. The van der Waals surface area contributed by atoms with Crippen molar-refractivity contribution in [3.8, 4) is 0 Å². The van der Waals surface area contributed by atoms with E-state index >= 15 is 0 Å². The molecule has 0 fully saturated rings. The average molecular weight is 528 g/mol. The molecule has 0 unspecified atom stereocenters. The molecule has 4 rings (SSSR count). The molecular formula is C29H36ClN2O3S+. The fraction of sp³-hybridized carbons (Fsp3) is 0.414. The van der Waals surface area contributed by atoms with Crippen LogP contribution in [-0.4, -0.2) is 35.6 Å². The highest BCUT2D eigenvalue weighted by Gasteiger charge is 2.44. The van der Waals surface area contributed by atoms with Crippen molar-refractivity contribution in [1.29, 1.82) is 0 Å². The molecule has 7 heteroatoms. The maximum Gasteiger partial charge on any atom is 0.264 e. The third-order valence-corrected chi connectivity index (χ3v) is 8.63. The third kappa shape index (κ3) is 6.28. The summed E-state index contributed by atoms with van der Waals surface area (Å²) in [5, 5.41) is 4.27. The van der Waals surface area contributed by atoms with Gasteiger partial charge in [0.2, 0.25) is 5.69 Å². The first-order chi connectivity index (χ1) is 17.2. The first-order valence-corrected chi connectivity index (χ1v) is 14.7. The van der Waals surface area contributed by atoms with Crippen LogP contribution in [0.2, 0.25) is 0 Å². The highest BCUT2D eigenvalue weighted by molar-refractivity contribution is 7.85. The largest absolute Gasteiger partial charge is 0.361 e. The number of anilines is 1. The van der Waals surface area contributed by atoms with Gasteiger partial charge in [-0.2, -0.15) is 13.0 Å². The van der Waals surface area contributed by atoms with E-state index in [1.807, 2.05) is 36.5 Å². The molecule has 2 aromatic carbocycles. The summed E-state index contributed by atoms with van der Waals surface area (Å²) in [5.74, 6) is -0.199. The Morgan fingerprint density at radius 2 is 1.75 bits per heavy atom. The van der Waals surface area contributed by atoms with Gasteiger partial charge in [0, 0.05) is 41.4 Å². The van der Waals surface area contributed by atoms with Crippen molar-refractivity contribution in [2.75, 3.05) is 17.6 Å². The van der Waals surface area contributed by atoms with E-state index in [1.165, 1.54) is 22.5 Å². The Morgan fingerprint density at radius 3 is 2.50 bits per heavy atom. The predicted octanol–water partition coefficient (Wildman–Crippen LogP) is 7.18. The van der Waals surface area contributed by atoms with Crippen LogP contribution >= 0.6 is 11.6 Å². The standard InChI is InChI=1S/C29H35ClN2O3S/c1-29(2)25-15-6-7-16-26(25)32(19-8-9-20-36(33,34)35)27(29)18-17-22-11-10-12-23(28(22)30)21-31-24-13-4-3-5-14-24/h3-7,13-16,21,31H,8-12,17-20H2,1-2H3/p+1/b23-21+. The Bertz CT molecular complexity index is 1290. The van der Waals surface area contributed by atoms with Crippen molar-refractivity contribution in [3.63, 3.8) is 0 Å². The quantitative estimate of drug-likeness (QED) is 0.195. The van der Waals surface area contributed by atoms with Gasteiger partial charge in [0.05, 0.1) is 11.2 Å². The fourth-order valence-corrected chi connectivity index (χ4v) is 6.32. The molecule has 2 aliphatic rings. The van der Waals surface area contributed by atoms with Gasteiger partial charge in [-0.05, 0) is 63.7 Å². The molecule has 0 saturated carbocycles. The third-order valence-electron chi connectivity index (χ3n) is 7.32. The summed E-state index contributed by atoms with van der Waals surface area (Å²) in [4.78, 5) is 0. The van der Waals surface area contributed by atoms with Gasteiger partial charge in [-0.15, -0.1) is 0 Å². The van der Waals surface area contributed by atoms with E-state index in [4.69, 9.17) is 16.2 Å². The van der Waals surface area contributed by atoms with Crippen molar-refractivity contribution in [3.05, 3.63) is 82.5 Å². The van der Waals surface area contributed by atoms with E-state index in [9.17, 15) is 8.42 Å². The smallest absolute Gasteiger partial charge is 0.264 e. The van der Waals surface area contributed by atoms with Gasteiger partial charge in [-0.25, -0.2) is 0 Å². The number of rotatable bonds is 10. The second-order valence-corrected chi connectivity index (χ2v) is 12.1. The summed E-state index contributed by atoms with van der Waals surface area (Å²) < 4.78 is 33.8. The molecule has 0 radical (unpaired) electrons. The Labute approximate surface area is 220 Å². The number of unbranched alkanes of at least 4 members (excludes halogenated alkanes) is 1. The van der Waals surface area contributed by atoms with Crippen LogP contribution in [0.5, 0.6) is 0 Å². The lowest BCUT2D eigenvalue weighted by Crippen LogP contribution is -2.30. The highest BCUT2D eigenvalue weighted by atomic mass is 35.5. The molecule has 0 aromatic heterocycles. The van der Waals surface area contributed by atoms with E-state index < -0.39 is 10.1 Å². The first kappa shape index (κ1) is 26.6. The predicted molar refractivity (Wildman–Crippen MR) is 149 cm³/mol. The second-order valence-electron chi connectivity index (χ2n) is 10.2. The summed E-state index contributed by atoms with van der Waals surface area (Å²) in [5.41, 5.74) is 7.22. The lowest BCUT2D eigenvalue weighted by atomic mass is 9.79. The van der Waals surface area contributed by atoms with Crippen molar-refractivity contribution in [1.82, 2.24) is 0 Å². The molecule has 0 bridgehead atoms. The number of benzene rings is 2. The molecule has 1 aliphatic carbocycles. The van der Waals surface area contributed by atoms with Crippen LogP contribution in [0.15, 0.2) is 77.0 Å². The minimum atomic E-state index is -3.93. The maximum absolute atomic E-state index is 11.2. The van der Waals surface area contributed by atoms with Crippen LogP contribution < -0.4 is 5.32 Å². The molecule has 0 spiro atoms. The Kier molecular flexibility index (Phi) is 8.38. The van der Waals surface area contributed by atoms with Gasteiger partial charge < -0.3 is 5.32 Å². The molecular weight excluding hydrogens is 492 g/mol. The van der Waals surface area contributed by atoms with Gasteiger partial charge in [-0.3, -0.25) is 4.55 Å². The lowest BCUT2D eigenvalue weighted by molar-refractivity contribution is -0.440. The highest BCUT2D eigenvalue weighted by Crippen LogP contribution is 2.42. The molecule has 0 saturated heterocycles. The number of hydrogen-bond acceptors (Lipinski definition) is 3. The van der Waals surface area contributed by atoms with E-state index in [1.54, 1.807) is 0 Å². The zero-order valence-electron chi connectivity index (χ0n) is 21.1. The molecule has 192 valence electrons. The average Bonchev–Trinajstić information content (AvgIpc) is 3.06. The van der Waals surface area contributed by atoms with Gasteiger partial charge in [0.1, 0.15) is 6.54 Å². The molecule has 1 aliphatic heterocycles. The van der Waals surface area contributed by atoms with Crippen LogP contribution in [0, 0.1) is 0 Å². The number of halogens is 1. The van der Waals surface area contributed by atoms with Crippen LogP contribution in [-0.2, 0) is 15.5 Å². The Hall–Kier alpha value is -2.41. The van der Waals surface area contributed by atoms with Crippen LogP contribution in [0.25, 0.3) is 0 Å². The van der Waals surface area contributed by atoms with Crippen LogP contribution in [0.4, 0.5) is 11.4 Å². The maximum atomic E-state index is 11.2. The second kappa shape index (κ2) is 11.3. The van der Waals surface area contributed by atoms with E-state index in [-0.39, 0.29) is 11.2 Å². The number of fused-ring (bicyclic) bond motifs is 1. The number of nitrogens with one attached hydrogen (secondary N) is 1. The van der Waals surface area contributed by atoms with E-state index in [2.05, 4.69) is 48.0 Å². The summed E-state index contributed by atoms with van der Waals surface area (Å²) >= 11 is 6.91. The van der Waals surface area contributed by atoms with Crippen LogP contribution in [0.3, 0.4) is 0 Å². The fourth-order valence-electron chi connectivity index (χ4n) is 5.42. The van der Waals surface area contributed by atoms with Gasteiger partial charge in [0.15, 0.2) is 5.71 Å². The summed E-state index contributed by atoms with van der Waals surface area (Å²) in [7, 11) is -3.93. The van der Waals surface area contributed by atoms with Crippen LogP contribution in [0.1, 0.15) is 64.4 Å². The van der Waals surface area contributed by atoms with Gasteiger partial charge in [-0.1, -0.05) is 53.6 Å². The molecule has 5 nitrogen and oxygen atoms in total. The van der Waals surface area contributed by atoms with Crippen molar-refractivity contribution >= 4 is 38.8 Å². The zero-order valence-corrected chi connectivity index (χ0v) is 22.7. The monoisotopic (exact) mass is 527 g/mol. The minimum Gasteiger partial charge on any atom is -0.361 e. The first-order valence-electron chi connectivity index (χ1n) is 12.7. The van der Waals surface area contributed by atoms with Crippen molar-refractivity contribution in [2.24, 2.45) is 0 Å². The number of hydrogen-bond donors (Lipinski definition) is 2. The summed E-state index contributed by atoms with van der Waals surface area (Å²) in [6, 6.07) is 18.6. The Balaban J connectivity index is 1.53. The minimum absolute atomic E-state index is 0.116. The number of para-hydroxylation sites is 2. The number of nitrogens with zero attached hydrogens (tertiary/aromatic N) is 1. The van der Waals surface area contributed by atoms with Crippen molar-refractivity contribution < 1.29 is 17.5 Å². The van der Waals surface area contributed by atoms with Gasteiger partial charge >= 0.3 is 0 Å². The molecule has 36 heavy (non-hydrogen) atoms. The SMILES string of the molecule is CC1(C)C(CCC2=C(Cl)/C(=C/Nc3ccccc3)CCC2)=[N+](CCCCS(=O)(=O)O)c2ccccc21. The normalized spacial score (nSPS) is 18.6. The molecule has 2 N–H and O–H groups in total. The molecule has 0 amide bonds. The summed E-state index contributed by atoms with van der Waals surface area (Å²) in [6.07, 6.45) is 8.03. The van der Waals surface area contributed by atoms with Crippen molar-refractivity contribution in [2.45, 2.75) is 64.2 Å². The topological polar surface area (TPSA) is 69.4 Å². The zero-order chi connectivity index (χ0) is 25.8. The number of allylic oxidation sites excluding steroid dienone is 3.